The van der Waals surface area contributed by atoms with E-state index in [1.54, 1.807) is 12.1 Å². The lowest BCUT2D eigenvalue weighted by Gasteiger charge is -2.15. The normalized spacial score (nSPS) is 11.1. The second kappa shape index (κ2) is 7.15. The van der Waals surface area contributed by atoms with Gasteiger partial charge in [0.1, 0.15) is 5.82 Å². The van der Waals surface area contributed by atoms with Crippen molar-refractivity contribution >= 4 is 24.2 Å². The summed E-state index contributed by atoms with van der Waals surface area (Å²) in [6.45, 7) is 1.99. The van der Waals surface area contributed by atoms with E-state index in [1.165, 1.54) is 6.07 Å². The Bertz CT molecular complexity index is 333. The van der Waals surface area contributed by atoms with Gasteiger partial charge >= 0.3 is 0 Å². The minimum atomic E-state index is -0.353. The summed E-state index contributed by atoms with van der Waals surface area (Å²) in [5.41, 5.74) is 1.07. The molecule has 1 nitrogen and oxygen atoms in total. The van der Waals surface area contributed by atoms with E-state index in [-0.39, 0.29) is 10.8 Å². The van der Waals surface area contributed by atoms with E-state index >= 15 is 0 Å². The first-order valence-electron chi connectivity index (χ1n) is 5.37. The zero-order chi connectivity index (χ0) is 12.0. The quantitative estimate of drug-likeness (QED) is 0.770. The van der Waals surface area contributed by atoms with Crippen LogP contribution in [0.15, 0.2) is 18.2 Å². The van der Waals surface area contributed by atoms with Crippen LogP contribution in [0.1, 0.15) is 12.0 Å². The van der Waals surface area contributed by atoms with Crippen molar-refractivity contribution in [3.63, 3.8) is 0 Å². The molecule has 0 unspecified atom stereocenters. The van der Waals surface area contributed by atoms with Crippen LogP contribution in [-0.4, -0.2) is 30.8 Å². The lowest BCUT2D eigenvalue weighted by molar-refractivity contribution is 0.340. The van der Waals surface area contributed by atoms with Crippen molar-refractivity contribution in [3.05, 3.63) is 34.6 Å². The van der Waals surface area contributed by atoms with Gasteiger partial charge in [0.15, 0.2) is 0 Å². The molecule has 16 heavy (non-hydrogen) atoms. The Morgan fingerprint density at radius 1 is 1.38 bits per heavy atom. The van der Waals surface area contributed by atoms with Crippen molar-refractivity contribution < 1.29 is 4.39 Å². The largest absolute Gasteiger partial charge is 0.306 e. The lowest BCUT2D eigenvalue weighted by atomic mass is 10.1. The highest BCUT2D eigenvalue weighted by atomic mass is 35.5. The Kier molecular flexibility index (Phi) is 6.17. The summed E-state index contributed by atoms with van der Waals surface area (Å²) in [6.07, 6.45) is 1.98. The van der Waals surface area contributed by atoms with Crippen LogP contribution >= 0.6 is 24.2 Å². The smallest absolute Gasteiger partial charge is 0.141 e. The van der Waals surface area contributed by atoms with Gasteiger partial charge in [0.25, 0.3) is 0 Å². The number of likely N-dealkylation sites (N-methyl/N-ethyl adjacent to an activating group) is 1. The van der Waals surface area contributed by atoms with Crippen LogP contribution in [0.4, 0.5) is 4.39 Å². The molecule has 0 aliphatic rings. The Hall–Kier alpha value is -0.250. The molecule has 1 aromatic carbocycles. The van der Waals surface area contributed by atoms with Gasteiger partial charge in [-0.2, -0.15) is 12.6 Å². The van der Waals surface area contributed by atoms with Crippen LogP contribution in [0.5, 0.6) is 0 Å². The monoisotopic (exact) mass is 261 g/mol. The fraction of sp³-hybridized carbons (Fsp3) is 0.500. The molecule has 0 aliphatic heterocycles. The van der Waals surface area contributed by atoms with Crippen molar-refractivity contribution in [2.45, 2.75) is 12.8 Å². The minimum Gasteiger partial charge on any atom is -0.306 e. The summed E-state index contributed by atoms with van der Waals surface area (Å²) >= 11 is 9.89. The molecule has 0 heterocycles. The third-order valence-electron chi connectivity index (χ3n) is 2.46. The van der Waals surface area contributed by atoms with Crippen molar-refractivity contribution in [3.8, 4) is 0 Å². The maximum absolute atomic E-state index is 12.9. The van der Waals surface area contributed by atoms with E-state index in [0.29, 0.717) is 0 Å². The second-order valence-electron chi connectivity index (χ2n) is 3.88. The van der Waals surface area contributed by atoms with Crippen molar-refractivity contribution in [1.82, 2.24) is 4.90 Å². The Labute approximate surface area is 107 Å². The van der Waals surface area contributed by atoms with Crippen LogP contribution in [0.25, 0.3) is 0 Å². The first-order valence-corrected chi connectivity index (χ1v) is 6.38. The molecule has 1 aromatic rings. The van der Waals surface area contributed by atoms with E-state index in [1.807, 2.05) is 0 Å². The number of halogens is 2. The SMILES string of the molecule is CN(CCCS)CCc1ccc(F)c(Cl)c1. The van der Waals surface area contributed by atoms with E-state index < -0.39 is 0 Å². The maximum Gasteiger partial charge on any atom is 0.141 e. The summed E-state index contributed by atoms with van der Waals surface area (Å²) in [5, 5.41) is 0.204. The van der Waals surface area contributed by atoms with E-state index in [0.717, 1.165) is 37.2 Å². The standard InChI is InChI=1S/C12H17ClFNS/c1-15(6-2-8-16)7-5-10-3-4-12(14)11(13)9-10/h3-4,9,16H,2,5-8H2,1H3. The van der Waals surface area contributed by atoms with Gasteiger partial charge in [-0.05, 0) is 49.9 Å². The number of hydrogen-bond donors (Lipinski definition) is 1. The number of thiol groups is 1. The topological polar surface area (TPSA) is 3.24 Å². The number of benzene rings is 1. The molecule has 0 aliphatic carbocycles. The summed E-state index contributed by atoms with van der Waals surface area (Å²) in [4.78, 5) is 2.24. The average Bonchev–Trinajstić information content (AvgIpc) is 2.28. The molecule has 0 saturated heterocycles. The molecule has 0 aromatic heterocycles. The van der Waals surface area contributed by atoms with Gasteiger partial charge in [-0.3, -0.25) is 0 Å². The van der Waals surface area contributed by atoms with Crippen molar-refractivity contribution in [1.29, 1.82) is 0 Å². The van der Waals surface area contributed by atoms with Crippen LogP contribution in [-0.2, 0) is 6.42 Å². The van der Waals surface area contributed by atoms with Gasteiger partial charge in [-0.1, -0.05) is 17.7 Å². The number of hydrogen-bond acceptors (Lipinski definition) is 2. The maximum atomic E-state index is 12.9. The lowest BCUT2D eigenvalue weighted by Crippen LogP contribution is -2.22. The molecule has 1 rings (SSSR count). The highest BCUT2D eigenvalue weighted by molar-refractivity contribution is 7.80. The second-order valence-corrected chi connectivity index (χ2v) is 4.73. The van der Waals surface area contributed by atoms with Crippen LogP contribution < -0.4 is 0 Å². The summed E-state index contributed by atoms with van der Waals surface area (Å²) in [7, 11) is 2.08. The number of rotatable bonds is 6. The third kappa shape index (κ3) is 4.73. The molecular formula is C12H17ClFNS. The molecule has 0 N–H and O–H groups in total. The average molecular weight is 262 g/mol. The first kappa shape index (κ1) is 13.8. The minimum absolute atomic E-state index is 0.204. The molecule has 4 heteroatoms. The summed E-state index contributed by atoms with van der Waals surface area (Å²) < 4.78 is 12.9. The van der Waals surface area contributed by atoms with Crippen molar-refractivity contribution in [2.75, 3.05) is 25.9 Å². The van der Waals surface area contributed by atoms with E-state index in [9.17, 15) is 4.39 Å². The van der Waals surface area contributed by atoms with Gasteiger partial charge in [-0.15, -0.1) is 0 Å². The summed E-state index contributed by atoms with van der Waals surface area (Å²) in [6, 6.07) is 4.91. The van der Waals surface area contributed by atoms with E-state index in [2.05, 4.69) is 24.6 Å². The van der Waals surface area contributed by atoms with Crippen LogP contribution in [0, 0.1) is 5.82 Å². The van der Waals surface area contributed by atoms with E-state index in [4.69, 9.17) is 11.6 Å². The number of nitrogens with zero attached hydrogens (tertiary/aromatic N) is 1. The molecule has 0 bridgehead atoms. The first-order chi connectivity index (χ1) is 7.63. The molecule has 0 atom stereocenters. The van der Waals surface area contributed by atoms with Crippen LogP contribution in [0.3, 0.4) is 0 Å². The molecular weight excluding hydrogens is 245 g/mol. The Morgan fingerprint density at radius 3 is 2.75 bits per heavy atom. The van der Waals surface area contributed by atoms with Crippen molar-refractivity contribution in [2.24, 2.45) is 0 Å². The van der Waals surface area contributed by atoms with Gasteiger partial charge in [0.05, 0.1) is 5.02 Å². The predicted octanol–water partition coefficient (Wildman–Crippen LogP) is 3.27. The highest BCUT2D eigenvalue weighted by Crippen LogP contribution is 2.16. The molecule has 0 amide bonds. The predicted molar refractivity (Wildman–Crippen MR) is 71.1 cm³/mol. The molecule has 90 valence electrons. The summed E-state index contributed by atoms with van der Waals surface area (Å²) in [5.74, 6) is 0.557. The van der Waals surface area contributed by atoms with Gasteiger partial charge in [-0.25, -0.2) is 4.39 Å². The van der Waals surface area contributed by atoms with Gasteiger partial charge < -0.3 is 4.90 Å². The van der Waals surface area contributed by atoms with Crippen LogP contribution in [0.2, 0.25) is 5.02 Å². The Morgan fingerprint density at radius 2 is 2.12 bits per heavy atom. The zero-order valence-electron chi connectivity index (χ0n) is 9.42. The van der Waals surface area contributed by atoms with Gasteiger partial charge in [0.2, 0.25) is 0 Å². The molecule has 0 saturated carbocycles. The Balaban J connectivity index is 2.39. The zero-order valence-corrected chi connectivity index (χ0v) is 11.1. The highest BCUT2D eigenvalue weighted by Gasteiger charge is 2.02. The fourth-order valence-electron chi connectivity index (χ4n) is 1.47. The molecule has 0 fully saturated rings. The third-order valence-corrected chi connectivity index (χ3v) is 3.07. The fourth-order valence-corrected chi connectivity index (χ4v) is 1.81. The molecule has 0 radical (unpaired) electrons. The molecule has 0 spiro atoms. The van der Waals surface area contributed by atoms with Gasteiger partial charge in [0, 0.05) is 6.54 Å².